The van der Waals surface area contributed by atoms with Gasteiger partial charge in [0, 0.05) is 17.3 Å². The van der Waals surface area contributed by atoms with Crippen molar-refractivity contribution >= 4 is 33.0 Å². The summed E-state index contributed by atoms with van der Waals surface area (Å²) < 4.78 is 67.8. The number of fused-ring (bicyclic) bond motifs is 2. The lowest BCUT2D eigenvalue weighted by Crippen LogP contribution is -2.52. The van der Waals surface area contributed by atoms with Crippen molar-refractivity contribution in [2.75, 3.05) is 5.32 Å². The largest absolute Gasteiger partial charge is 0.386 e. The summed E-state index contributed by atoms with van der Waals surface area (Å²) in [5, 5.41) is 23.9. The summed E-state index contributed by atoms with van der Waals surface area (Å²) in [7, 11) is -4.10. The highest BCUT2D eigenvalue weighted by Gasteiger charge is 2.59. The number of aromatic nitrogens is 1. The summed E-state index contributed by atoms with van der Waals surface area (Å²) in [4.78, 5) is 16.2. The Morgan fingerprint density at radius 1 is 1.03 bits per heavy atom. The fraction of sp³-hybridized carbons (Fsp3) is 0.333. The number of aliphatic hydroxyl groups excluding tert-OH is 1. The third-order valence-corrected chi connectivity index (χ3v) is 10.5. The molecule has 5 rings (SSSR count). The number of carbonyl (C=O) groups excluding carboxylic acids is 1. The molecule has 0 radical (unpaired) electrons. The number of aliphatic hydroxyl groups is 2. The van der Waals surface area contributed by atoms with Crippen molar-refractivity contribution in [3.8, 4) is 0 Å². The van der Waals surface area contributed by atoms with Gasteiger partial charge < -0.3 is 15.5 Å². The van der Waals surface area contributed by atoms with Crippen LogP contribution in [-0.2, 0) is 9.84 Å². The Bertz CT molecular complexity index is 1540. The Morgan fingerprint density at radius 2 is 1.72 bits per heavy atom. The molecule has 5 atom stereocenters. The maximum Gasteiger partial charge on any atom is 0.255 e. The number of amides is 1. The number of nitrogens with one attached hydrogen (secondary N) is 1. The molecule has 7 nitrogen and oxygen atoms in total. The van der Waals surface area contributed by atoms with Crippen molar-refractivity contribution in [1.82, 2.24) is 4.98 Å². The first-order valence-corrected chi connectivity index (χ1v) is 14.2. The van der Waals surface area contributed by atoms with Crippen molar-refractivity contribution in [2.45, 2.75) is 47.5 Å². The second-order valence-corrected chi connectivity index (χ2v) is 12.6. The standard InChI is InChI=1S/C27H24ClF3N2O5S/c28-19-8-4-14(26(35)32-17-7-9-20(29)21(30)13-17)10-23(19)39(37,38)18-11-15-5-6-16(12-18)27(15,36)25(34)22-2-1-3-24(31)33-22/h1-4,7-10,13,15-16,18,25,34,36H,5-6,11-12H2,(H,32,35)/t15-,16?,18-,25+,27-/m0/s1. The smallest absolute Gasteiger partial charge is 0.255 e. The van der Waals surface area contributed by atoms with Gasteiger partial charge in [0.2, 0.25) is 5.95 Å². The number of carbonyl (C=O) groups is 1. The van der Waals surface area contributed by atoms with E-state index in [2.05, 4.69) is 10.3 Å². The molecule has 2 aliphatic carbocycles. The molecule has 12 heteroatoms. The molecule has 1 unspecified atom stereocenters. The first kappa shape index (κ1) is 27.6. The molecule has 0 aliphatic heterocycles. The first-order valence-electron chi connectivity index (χ1n) is 12.2. The average Bonchev–Trinajstić information content (AvgIpc) is 3.05. The van der Waals surface area contributed by atoms with Crippen LogP contribution in [0.25, 0.3) is 0 Å². The van der Waals surface area contributed by atoms with Gasteiger partial charge in [-0.05, 0) is 80.0 Å². The quantitative estimate of drug-likeness (QED) is 0.360. The van der Waals surface area contributed by atoms with Crippen LogP contribution in [0.3, 0.4) is 0 Å². The first-order chi connectivity index (χ1) is 18.4. The summed E-state index contributed by atoms with van der Waals surface area (Å²) in [5.74, 6) is -5.00. The van der Waals surface area contributed by atoms with Gasteiger partial charge in [-0.25, -0.2) is 22.2 Å². The number of sulfone groups is 1. The zero-order chi connectivity index (χ0) is 28.1. The monoisotopic (exact) mass is 580 g/mol. The highest BCUT2D eigenvalue weighted by atomic mass is 35.5. The van der Waals surface area contributed by atoms with Crippen LogP contribution < -0.4 is 5.32 Å². The van der Waals surface area contributed by atoms with E-state index in [1.165, 1.54) is 24.3 Å². The molecule has 1 aromatic heterocycles. The zero-order valence-electron chi connectivity index (χ0n) is 20.3. The summed E-state index contributed by atoms with van der Waals surface area (Å²) in [6, 6.07) is 10.4. The van der Waals surface area contributed by atoms with E-state index in [4.69, 9.17) is 11.6 Å². The molecule has 3 aromatic rings. The molecule has 2 fully saturated rings. The van der Waals surface area contributed by atoms with Crippen LogP contribution in [0.5, 0.6) is 0 Å². The fourth-order valence-electron chi connectivity index (χ4n) is 5.87. The molecule has 1 amide bonds. The summed E-state index contributed by atoms with van der Waals surface area (Å²) in [6.07, 6.45) is -0.540. The molecule has 2 bridgehead atoms. The van der Waals surface area contributed by atoms with Gasteiger partial charge in [0.05, 0.1) is 20.9 Å². The maximum absolute atomic E-state index is 13.7. The van der Waals surface area contributed by atoms with Crippen LogP contribution in [0.1, 0.15) is 47.8 Å². The molecular formula is C27H24ClF3N2O5S. The van der Waals surface area contributed by atoms with E-state index in [1.807, 2.05) is 0 Å². The second-order valence-electron chi connectivity index (χ2n) is 10.0. The lowest BCUT2D eigenvalue weighted by atomic mass is 9.70. The van der Waals surface area contributed by atoms with E-state index >= 15 is 0 Å². The van der Waals surface area contributed by atoms with Gasteiger partial charge in [-0.15, -0.1) is 0 Å². The van der Waals surface area contributed by atoms with Gasteiger partial charge in [0.1, 0.15) is 11.7 Å². The molecular weight excluding hydrogens is 557 g/mol. The van der Waals surface area contributed by atoms with Crippen LogP contribution in [0, 0.1) is 29.4 Å². The van der Waals surface area contributed by atoms with E-state index < -0.39 is 62.1 Å². The van der Waals surface area contributed by atoms with E-state index in [9.17, 15) is 36.6 Å². The van der Waals surface area contributed by atoms with Crippen molar-refractivity contribution in [3.05, 3.63) is 88.5 Å². The third kappa shape index (κ3) is 4.93. The molecule has 206 valence electrons. The molecule has 2 aromatic carbocycles. The van der Waals surface area contributed by atoms with E-state index in [1.54, 1.807) is 0 Å². The van der Waals surface area contributed by atoms with Crippen LogP contribution in [0.4, 0.5) is 18.9 Å². The van der Waals surface area contributed by atoms with Gasteiger partial charge in [0.25, 0.3) is 5.91 Å². The average molecular weight is 581 g/mol. The maximum atomic E-state index is 13.7. The number of anilines is 1. The highest BCUT2D eigenvalue weighted by Crippen LogP contribution is 2.56. The van der Waals surface area contributed by atoms with Crippen molar-refractivity contribution in [2.24, 2.45) is 11.8 Å². The third-order valence-electron chi connectivity index (χ3n) is 7.84. The number of hydrogen-bond acceptors (Lipinski definition) is 6. The van der Waals surface area contributed by atoms with Gasteiger partial charge in [-0.2, -0.15) is 4.39 Å². The van der Waals surface area contributed by atoms with Crippen LogP contribution in [0.2, 0.25) is 5.02 Å². The number of benzene rings is 2. The molecule has 1 heterocycles. The molecule has 0 saturated heterocycles. The highest BCUT2D eigenvalue weighted by molar-refractivity contribution is 7.92. The van der Waals surface area contributed by atoms with Gasteiger partial charge in [0.15, 0.2) is 21.5 Å². The molecule has 3 N–H and O–H groups in total. The zero-order valence-corrected chi connectivity index (χ0v) is 21.9. The van der Waals surface area contributed by atoms with Crippen molar-refractivity contribution in [3.63, 3.8) is 0 Å². The minimum absolute atomic E-state index is 0.0172. The lowest BCUT2D eigenvalue weighted by Gasteiger charge is -2.45. The predicted octanol–water partition coefficient (Wildman–Crippen LogP) is 4.83. The predicted molar refractivity (Wildman–Crippen MR) is 136 cm³/mol. The number of nitrogens with zero attached hydrogens (tertiary/aromatic N) is 1. The number of pyridine rings is 1. The summed E-state index contributed by atoms with van der Waals surface area (Å²) in [6.45, 7) is 0. The SMILES string of the molecule is O=C(Nc1ccc(F)c(F)c1)c1ccc(Cl)c(S(=O)(=O)[C@@H]2CC3CC[C@@H](C2)[C@@]3(O)[C@H](O)c2cccc(F)n2)c1. The Balaban J connectivity index is 1.39. The molecule has 2 aliphatic rings. The topological polar surface area (TPSA) is 117 Å². The van der Waals surface area contributed by atoms with E-state index in [-0.39, 0.29) is 39.7 Å². The van der Waals surface area contributed by atoms with Crippen LogP contribution in [-0.4, -0.2) is 40.4 Å². The fourth-order valence-corrected chi connectivity index (χ4v) is 8.28. The normalized spacial score (nSPS) is 25.3. The van der Waals surface area contributed by atoms with Gasteiger partial charge >= 0.3 is 0 Å². The van der Waals surface area contributed by atoms with Crippen LogP contribution >= 0.6 is 11.6 Å². The molecule has 0 spiro atoms. The Hall–Kier alpha value is -2.99. The summed E-state index contributed by atoms with van der Waals surface area (Å²) >= 11 is 6.26. The van der Waals surface area contributed by atoms with Crippen molar-refractivity contribution in [1.29, 1.82) is 0 Å². The minimum atomic E-state index is -4.10. The van der Waals surface area contributed by atoms with Crippen molar-refractivity contribution < 1.29 is 36.6 Å². The lowest BCUT2D eigenvalue weighted by molar-refractivity contribution is -0.146. The molecule has 39 heavy (non-hydrogen) atoms. The van der Waals surface area contributed by atoms with Crippen LogP contribution in [0.15, 0.2) is 59.5 Å². The van der Waals surface area contributed by atoms with E-state index in [0.29, 0.717) is 12.8 Å². The second kappa shape index (κ2) is 10.2. The minimum Gasteiger partial charge on any atom is -0.386 e. The molecule has 2 saturated carbocycles. The van der Waals surface area contributed by atoms with E-state index in [0.717, 1.165) is 30.3 Å². The van der Waals surface area contributed by atoms with Gasteiger partial charge in [-0.1, -0.05) is 17.7 Å². The van der Waals surface area contributed by atoms with Gasteiger partial charge in [-0.3, -0.25) is 4.79 Å². The number of hydrogen-bond donors (Lipinski definition) is 3. The Labute approximate surface area is 227 Å². The number of halogens is 4. The Kier molecular flexibility index (Phi) is 7.21. The summed E-state index contributed by atoms with van der Waals surface area (Å²) in [5.41, 5.74) is -1.79. The number of rotatable bonds is 6. The Morgan fingerprint density at radius 3 is 2.36 bits per heavy atom.